The van der Waals surface area contributed by atoms with E-state index in [2.05, 4.69) is 10.4 Å². The first kappa shape index (κ1) is 15.8. The second-order valence-corrected chi connectivity index (χ2v) is 5.72. The van der Waals surface area contributed by atoms with Gasteiger partial charge in [-0.1, -0.05) is 19.3 Å². The maximum absolute atomic E-state index is 12.0. The van der Waals surface area contributed by atoms with Gasteiger partial charge in [0.15, 0.2) is 0 Å². The van der Waals surface area contributed by atoms with Crippen LogP contribution in [0.2, 0.25) is 0 Å². The summed E-state index contributed by atoms with van der Waals surface area (Å²) in [7, 11) is 1.70. The minimum Gasteiger partial charge on any atom is -0.465 e. The highest BCUT2D eigenvalue weighted by atomic mass is 16.5. The van der Waals surface area contributed by atoms with Gasteiger partial charge in [0.05, 0.1) is 18.6 Å². The maximum Gasteiger partial charge on any atom is 0.404 e. The second kappa shape index (κ2) is 6.89. The summed E-state index contributed by atoms with van der Waals surface area (Å²) in [6.07, 6.45) is 5.06. The molecule has 2 amide bonds. The number of hydrazone groups is 1. The van der Waals surface area contributed by atoms with E-state index in [1.54, 1.807) is 7.11 Å². The van der Waals surface area contributed by atoms with Crippen LogP contribution in [0.4, 0.5) is 4.79 Å². The predicted octanol–water partition coefficient (Wildman–Crippen LogP) is 1.58. The highest BCUT2D eigenvalue weighted by Gasteiger charge is 2.37. The molecule has 1 fully saturated rings. The molecule has 2 N–H and O–H groups in total. The van der Waals surface area contributed by atoms with Crippen molar-refractivity contribution in [1.29, 1.82) is 0 Å². The first-order valence-electron chi connectivity index (χ1n) is 7.43. The number of hydrogen-bond donors (Lipinski definition) is 2. The molecular weight excluding hydrogens is 274 g/mol. The number of carbonyl (C=O) groups excluding carboxylic acids is 1. The number of nitrogens with one attached hydrogen (secondary N) is 1. The molecule has 0 bridgehead atoms. The number of carboxylic acid groups (broad SMARTS) is 1. The van der Waals surface area contributed by atoms with Crippen LogP contribution in [0.5, 0.6) is 0 Å². The fraction of sp³-hybridized carbons (Fsp3) is 0.786. The van der Waals surface area contributed by atoms with Crippen LogP contribution in [-0.2, 0) is 9.53 Å². The van der Waals surface area contributed by atoms with Crippen LogP contribution in [0.15, 0.2) is 5.10 Å². The average Bonchev–Trinajstić information content (AvgIpc) is 2.79. The van der Waals surface area contributed by atoms with E-state index in [9.17, 15) is 9.59 Å². The molecule has 0 unspecified atom stereocenters. The first-order valence-corrected chi connectivity index (χ1v) is 7.43. The van der Waals surface area contributed by atoms with Crippen molar-refractivity contribution in [2.75, 3.05) is 20.2 Å². The lowest BCUT2D eigenvalue weighted by Crippen LogP contribution is -2.45. The molecule has 7 heteroatoms. The Bertz CT molecular complexity index is 430. The number of ether oxygens (including phenoxy) is 1. The van der Waals surface area contributed by atoms with E-state index in [4.69, 9.17) is 9.84 Å². The van der Waals surface area contributed by atoms with Crippen LogP contribution in [-0.4, -0.2) is 53.6 Å². The Labute approximate surface area is 124 Å². The van der Waals surface area contributed by atoms with E-state index in [1.807, 2.05) is 0 Å². The zero-order valence-electron chi connectivity index (χ0n) is 12.4. The number of methoxy groups -OCH3 is 1. The molecule has 1 aliphatic heterocycles. The van der Waals surface area contributed by atoms with Crippen molar-refractivity contribution in [3.63, 3.8) is 0 Å². The van der Waals surface area contributed by atoms with E-state index < -0.39 is 6.09 Å². The molecule has 0 aromatic heterocycles. The van der Waals surface area contributed by atoms with Crippen molar-refractivity contribution in [1.82, 2.24) is 10.3 Å². The third-order valence-corrected chi connectivity index (χ3v) is 4.23. The summed E-state index contributed by atoms with van der Waals surface area (Å²) in [5, 5.41) is 16.7. The maximum atomic E-state index is 12.0. The summed E-state index contributed by atoms with van der Waals surface area (Å²) in [5.41, 5.74) is 0.461. The molecule has 0 atom stereocenters. The van der Waals surface area contributed by atoms with Crippen molar-refractivity contribution >= 4 is 17.7 Å². The number of carbonyl (C=O) groups is 2. The number of hydrogen-bond acceptors (Lipinski definition) is 4. The van der Waals surface area contributed by atoms with Gasteiger partial charge in [-0.05, 0) is 12.8 Å². The van der Waals surface area contributed by atoms with Gasteiger partial charge in [0.2, 0.25) is 5.91 Å². The fourth-order valence-electron chi connectivity index (χ4n) is 3.00. The van der Waals surface area contributed by atoms with E-state index in [-0.39, 0.29) is 24.5 Å². The third kappa shape index (κ3) is 4.17. The molecule has 2 rings (SSSR count). The SMILES string of the molecule is COC1(CN2N=C(CCNC(=O)O)CC2=O)CCCCC1. The van der Waals surface area contributed by atoms with E-state index in [1.165, 1.54) is 11.4 Å². The molecule has 0 radical (unpaired) electrons. The van der Waals surface area contributed by atoms with Crippen LogP contribution in [0.3, 0.4) is 0 Å². The van der Waals surface area contributed by atoms with Crippen molar-refractivity contribution in [3.8, 4) is 0 Å². The van der Waals surface area contributed by atoms with Crippen LogP contribution in [0.1, 0.15) is 44.9 Å². The molecule has 7 nitrogen and oxygen atoms in total. The van der Waals surface area contributed by atoms with Gasteiger partial charge >= 0.3 is 6.09 Å². The number of amides is 2. The lowest BCUT2D eigenvalue weighted by molar-refractivity contribution is -0.134. The zero-order chi connectivity index (χ0) is 15.3. The Balaban J connectivity index is 1.91. The van der Waals surface area contributed by atoms with Gasteiger partial charge in [0.1, 0.15) is 0 Å². The Morgan fingerprint density at radius 1 is 1.43 bits per heavy atom. The van der Waals surface area contributed by atoms with Crippen LogP contribution in [0.25, 0.3) is 0 Å². The monoisotopic (exact) mass is 297 g/mol. The molecule has 1 heterocycles. The number of nitrogens with zero attached hydrogens (tertiary/aromatic N) is 2. The summed E-state index contributed by atoms with van der Waals surface area (Å²) in [5.74, 6) is -0.0256. The summed E-state index contributed by atoms with van der Waals surface area (Å²) in [4.78, 5) is 22.4. The Kier molecular flexibility index (Phi) is 5.17. The molecule has 1 aliphatic carbocycles. The van der Waals surface area contributed by atoms with Crippen molar-refractivity contribution in [3.05, 3.63) is 0 Å². The summed E-state index contributed by atoms with van der Waals surface area (Å²) in [6.45, 7) is 0.781. The highest BCUT2D eigenvalue weighted by molar-refractivity contribution is 6.05. The fourth-order valence-corrected chi connectivity index (χ4v) is 3.00. The molecule has 118 valence electrons. The molecular formula is C14H23N3O4. The second-order valence-electron chi connectivity index (χ2n) is 5.72. The average molecular weight is 297 g/mol. The minimum atomic E-state index is -1.06. The van der Waals surface area contributed by atoms with Crippen LogP contribution in [0, 0.1) is 0 Å². The quantitative estimate of drug-likeness (QED) is 0.778. The van der Waals surface area contributed by atoms with Crippen molar-refractivity contribution < 1.29 is 19.4 Å². The summed E-state index contributed by atoms with van der Waals surface area (Å²) in [6, 6.07) is 0. The lowest BCUT2D eigenvalue weighted by Gasteiger charge is -2.37. The summed E-state index contributed by atoms with van der Waals surface area (Å²) >= 11 is 0. The van der Waals surface area contributed by atoms with Gasteiger partial charge in [-0.3, -0.25) is 4.79 Å². The molecule has 0 saturated heterocycles. The molecule has 0 aromatic carbocycles. The molecule has 2 aliphatic rings. The standard InChI is InChI=1S/C14H23N3O4/c1-21-14(6-3-2-4-7-14)10-17-12(18)9-11(16-17)5-8-15-13(19)20/h15H,2-10H2,1H3,(H,19,20). The number of rotatable bonds is 6. The lowest BCUT2D eigenvalue weighted by atomic mass is 9.84. The summed E-state index contributed by atoms with van der Waals surface area (Å²) < 4.78 is 5.68. The van der Waals surface area contributed by atoms with Gasteiger partial charge in [0, 0.05) is 25.8 Å². The molecule has 0 aromatic rings. The topological polar surface area (TPSA) is 91.2 Å². The van der Waals surface area contributed by atoms with Gasteiger partial charge in [-0.15, -0.1) is 0 Å². The van der Waals surface area contributed by atoms with Gasteiger partial charge < -0.3 is 15.2 Å². The Morgan fingerprint density at radius 3 is 2.76 bits per heavy atom. The van der Waals surface area contributed by atoms with Crippen LogP contribution >= 0.6 is 0 Å². The van der Waals surface area contributed by atoms with Crippen molar-refractivity contribution in [2.24, 2.45) is 5.10 Å². The first-order chi connectivity index (χ1) is 10.0. The van der Waals surface area contributed by atoms with Gasteiger partial charge in [-0.25, -0.2) is 9.80 Å². The Hall–Kier alpha value is -1.63. The third-order valence-electron chi connectivity index (χ3n) is 4.23. The van der Waals surface area contributed by atoms with Gasteiger partial charge in [-0.2, -0.15) is 5.10 Å². The molecule has 0 spiro atoms. The molecule has 1 saturated carbocycles. The highest BCUT2D eigenvalue weighted by Crippen LogP contribution is 2.32. The van der Waals surface area contributed by atoms with E-state index in [0.29, 0.717) is 13.0 Å². The van der Waals surface area contributed by atoms with Crippen LogP contribution < -0.4 is 5.32 Å². The van der Waals surface area contributed by atoms with E-state index >= 15 is 0 Å². The van der Waals surface area contributed by atoms with Crippen molar-refractivity contribution in [2.45, 2.75) is 50.5 Å². The normalized spacial score (nSPS) is 21.3. The zero-order valence-corrected chi connectivity index (χ0v) is 12.4. The molecule has 21 heavy (non-hydrogen) atoms. The largest absolute Gasteiger partial charge is 0.465 e. The smallest absolute Gasteiger partial charge is 0.404 e. The van der Waals surface area contributed by atoms with E-state index in [0.717, 1.165) is 31.4 Å². The Morgan fingerprint density at radius 2 is 2.14 bits per heavy atom. The minimum absolute atomic E-state index is 0.0256. The van der Waals surface area contributed by atoms with Gasteiger partial charge in [0.25, 0.3) is 0 Å². The predicted molar refractivity (Wildman–Crippen MR) is 77.2 cm³/mol.